The van der Waals surface area contributed by atoms with Crippen LogP contribution in [0.25, 0.3) is 0 Å². The van der Waals surface area contributed by atoms with E-state index in [1.54, 1.807) is 0 Å². The number of amides is 1. The molecule has 18 heavy (non-hydrogen) atoms. The molecule has 1 saturated carbocycles. The molecule has 1 aliphatic rings. The molecule has 98 valence electrons. The van der Waals surface area contributed by atoms with Gasteiger partial charge in [-0.3, -0.25) is 4.79 Å². The van der Waals surface area contributed by atoms with E-state index in [-0.39, 0.29) is 11.9 Å². The molecule has 2 rings (SSSR count). The number of nitrogens with one attached hydrogen (secondary N) is 1. The lowest BCUT2D eigenvalue weighted by molar-refractivity contribution is 0.0883. The molecule has 1 amide bonds. The average molecular weight is 246 g/mol. The van der Waals surface area contributed by atoms with Crippen LogP contribution in [-0.2, 0) is 0 Å². The van der Waals surface area contributed by atoms with Crippen molar-refractivity contribution in [2.45, 2.75) is 37.8 Å². The minimum atomic E-state index is 0.0503. The Labute approximate surface area is 109 Å². The number of likely N-dealkylation sites (N-methyl/N-ethyl adjacent to an activating group) is 1. The van der Waals surface area contributed by atoms with Crippen LogP contribution >= 0.6 is 0 Å². The third kappa shape index (κ3) is 3.10. The highest BCUT2D eigenvalue weighted by Gasteiger charge is 2.27. The second kappa shape index (κ2) is 6.01. The van der Waals surface area contributed by atoms with E-state index in [0.717, 1.165) is 12.0 Å². The van der Waals surface area contributed by atoms with Gasteiger partial charge in [0.15, 0.2) is 0 Å². The lowest BCUT2D eigenvalue weighted by Crippen LogP contribution is -2.51. The fourth-order valence-corrected chi connectivity index (χ4v) is 2.74. The van der Waals surface area contributed by atoms with Gasteiger partial charge in [-0.05, 0) is 39.1 Å². The van der Waals surface area contributed by atoms with Crippen LogP contribution in [0.5, 0.6) is 0 Å². The third-order valence-corrected chi connectivity index (χ3v) is 3.75. The Kier molecular flexibility index (Phi) is 4.37. The molecule has 1 aromatic rings. The number of nitrogens with zero attached hydrogens (tertiary/aromatic N) is 1. The van der Waals surface area contributed by atoms with Crippen molar-refractivity contribution in [3.8, 4) is 0 Å². The molecule has 0 spiro atoms. The first-order valence-corrected chi connectivity index (χ1v) is 6.71. The summed E-state index contributed by atoms with van der Waals surface area (Å²) in [5.74, 6) is 0.0503. The monoisotopic (exact) mass is 246 g/mol. The number of carbonyl (C=O) groups excluding carboxylic acids is 1. The highest BCUT2D eigenvalue weighted by atomic mass is 16.1. The molecule has 0 bridgehead atoms. The van der Waals surface area contributed by atoms with E-state index >= 15 is 0 Å². The normalized spacial score (nSPS) is 23.9. The summed E-state index contributed by atoms with van der Waals surface area (Å²) in [5, 5.41) is 3.19. The Balaban J connectivity index is 2.01. The number of hydrogen-bond donors (Lipinski definition) is 1. The first-order chi connectivity index (χ1) is 8.68. The van der Waals surface area contributed by atoms with Crippen LogP contribution in [-0.4, -0.2) is 37.0 Å². The van der Waals surface area contributed by atoms with Crippen LogP contribution in [0.1, 0.15) is 36.0 Å². The molecule has 2 atom stereocenters. The smallest absolute Gasteiger partial charge is 0.251 e. The van der Waals surface area contributed by atoms with Crippen LogP contribution in [0.3, 0.4) is 0 Å². The van der Waals surface area contributed by atoms with Gasteiger partial charge in [0.05, 0.1) is 0 Å². The molecule has 3 heteroatoms. The number of benzene rings is 1. The van der Waals surface area contributed by atoms with Crippen molar-refractivity contribution >= 4 is 5.91 Å². The van der Waals surface area contributed by atoms with Crippen molar-refractivity contribution in [1.82, 2.24) is 10.2 Å². The van der Waals surface area contributed by atoms with E-state index in [1.807, 2.05) is 30.3 Å². The highest BCUT2D eigenvalue weighted by molar-refractivity contribution is 5.94. The molecule has 3 nitrogen and oxygen atoms in total. The lowest BCUT2D eigenvalue weighted by Gasteiger charge is -2.36. The third-order valence-electron chi connectivity index (χ3n) is 3.75. The van der Waals surface area contributed by atoms with Gasteiger partial charge in [-0.1, -0.05) is 31.0 Å². The molecule has 0 unspecified atom stereocenters. The van der Waals surface area contributed by atoms with Gasteiger partial charge >= 0.3 is 0 Å². The summed E-state index contributed by atoms with van der Waals surface area (Å²) < 4.78 is 0. The van der Waals surface area contributed by atoms with Crippen molar-refractivity contribution in [2.75, 3.05) is 14.1 Å². The molecule has 1 aliphatic carbocycles. The second-order valence-corrected chi connectivity index (χ2v) is 5.26. The fourth-order valence-electron chi connectivity index (χ4n) is 2.74. The van der Waals surface area contributed by atoms with Crippen LogP contribution in [0.2, 0.25) is 0 Å². The van der Waals surface area contributed by atoms with Crippen molar-refractivity contribution < 1.29 is 4.79 Å². The number of carbonyl (C=O) groups is 1. The average Bonchev–Trinajstić information content (AvgIpc) is 2.40. The van der Waals surface area contributed by atoms with Gasteiger partial charge in [0.25, 0.3) is 5.91 Å². The van der Waals surface area contributed by atoms with E-state index in [1.165, 1.54) is 19.3 Å². The minimum Gasteiger partial charge on any atom is -0.348 e. The Hall–Kier alpha value is -1.35. The summed E-state index contributed by atoms with van der Waals surface area (Å²) in [7, 11) is 4.19. The summed E-state index contributed by atoms with van der Waals surface area (Å²) in [6.07, 6.45) is 4.73. The fraction of sp³-hybridized carbons (Fsp3) is 0.533. The summed E-state index contributed by atoms with van der Waals surface area (Å²) >= 11 is 0. The predicted molar refractivity (Wildman–Crippen MR) is 73.6 cm³/mol. The zero-order valence-electron chi connectivity index (χ0n) is 11.2. The highest BCUT2D eigenvalue weighted by Crippen LogP contribution is 2.22. The maximum Gasteiger partial charge on any atom is 0.251 e. The quantitative estimate of drug-likeness (QED) is 0.887. The molecule has 0 aliphatic heterocycles. The summed E-state index contributed by atoms with van der Waals surface area (Å²) in [5.41, 5.74) is 0.751. The van der Waals surface area contributed by atoms with Crippen LogP contribution in [0, 0.1) is 0 Å². The van der Waals surface area contributed by atoms with Crippen LogP contribution in [0.4, 0.5) is 0 Å². The maximum atomic E-state index is 12.2. The minimum absolute atomic E-state index is 0.0503. The van der Waals surface area contributed by atoms with E-state index in [2.05, 4.69) is 24.3 Å². The summed E-state index contributed by atoms with van der Waals surface area (Å²) in [6, 6.07) is 10.2. The Bertz CT molecular complexity index is 389. The van der Waals surface area contributed by atoms with E-state index in [9.17, 15) is 4.79 Å². The standard InChI is InChI=1S/C15H22N2O/c1-17(2)14-11-7-6-10-13(14)16-15(18)12-8-4-3-5-9-12/h3-5,8-9,13-14H,6-7,10-11H2,1-2H3,(H,16,18)/t13-,14-/m1/s1. The van der Waals surface area contributed by atoms with Crippen LogP contribution < -0.4 is 5.32 Å². The first kappa shape index (κ1) is 13.1. The van der Waals surface area contributed by atoms with Gasteiger partial charge in [-0.25, -0.2) is 0 Å². The van der Waals surface area contributed by atoms with Gasteiger partial charge in [0.1, 0.15) is 0 Å². The maximum absolute atomic E-state index is 12.2. The summed E-state index contributed by atoms with van der Waals surface area (Å²) in [6.45, 7) is 0. The van der Waals surface area contributed by atoms with Crippen molar-refractivity contribution in [3.63, 3.8) is 0 Å². The molecular weight excluding hydrogens is 224 g/mol. The predicted octanol–water partition coefficient (Wildman–Crippen LogP) is 2.29. The number of hydrogen-bond acceptors (Lipinski definition) is 2. The van der Waals surface area contributed by atoms with E-state index in [0.29, 0.717) is 6.04 Å². The summed E-state index contributed by atoms with van der Waals surface area (Å²) in [4.78, 5) is 14.4. The second-order valence-electron chi connectivity index (χ2n) is 5.26. The molecule has 0 heterocycles. The molecule has 0 saturated heterocycles. The first-order valence-electron chi connectivity index (χ1n) is 6.71. The zero-order valence-corrected chi connectivity index (χ0v) is 11.2. The van der Waals surface area contributed by atoms with Gasteiger partial charge in [-0.2, -0.15) is 0 Å². The Morgan fingerprint density at radius 3 is 2.50 bits per heavy atom. The van der Waals surface area contributed by atoms with E-state index in [4.69, 9.17) is 0 Å². The molecule has 1 N–H and O–H groups in total. The van der Waals surface area contributed by atoms with Crippen molar-refractivity contribution in [2.24, 2.45) is 0 Å². The Morgan fingerprint density at radius 2 is 1.83 bits per heavy atom. The zero-order chi connectivity index (χ0) is 13.0. The van der Waals surface area contributed by atoms with Crippen LogP contribution in [0.15, 0.2) is 30.3 Å². The van der Waals surface area contributed by atoms with Gasteiger partial charge in [0, 0.05) is 17.6 Å². The lowest BCUT2D eigenvalue weighted by atomic mass is 9.89. The SMILES string of the molecule is CN(C)[C@@H]1CCCC[C@H]1NC(=O)c1ccccc1. The Morgan fingerprint density at radius 1 is 1.17 bits per heavy atom. The molecule has 0 radical (unpaired) electrons. The van der Waals surface area contributed by atoms with Crippen molar-refractivity contribution in [1.29, 1.82) is 0 Å². The molecule has 0 aromatic heterocycles. The van der Waals surface area contributed by atoms with E-state index < -0.39 is 0 Å². The number of rotatable bonds is 3. The molecular formula is C15H22N2O. The largest absolute Gasteiger partial charge is 0.348 e. The molecule has 1 fully saturated rings. The van der Waals surface area contributed by atoms with Gasteiger partial charge < -0.3 is 10.2 Å². The van der Waals surface area contributed by atoms with Gasteiger partial charge in [0.2, 0.25) is 0 Å². The van der Waals surface area contributed by atoms with Gasteiger partial charge in [-0.15, -0.1) is 0 Å². The molecule has 1 aromatic carbocycles. The topological polar surface area (TPSA) is 32.3 Å². The van der Waals surface area contributed by atoms with Crippen molar-refractivity contribution in [3.05, 3.63) is 35.9 Å².